The van der Waals surface area contributed by atoms with Crippen molar-refractivity contribution in [2.24, 2.45) is 0 Å². The molecule has 29 heavy (non-hydrogen) atoms. The second-order valence-electron chi connectivity index (χ2n) is 6.03. The molecule has 0 atom stereocenters. The van der Waals surface area contributed by atoms with Crippen LogP contribution in [0.1, 0.15) is 10.4 Å². The lowest BCUT2D eigenvalue weighted by molar-refractivity contribution is -0.113. The van der Waals surface area contributed by atoms with Gasteiger partial charge in [0.2, 0.25) is 5.91 Å². The van der Waals surface area contributed by atoms with Gasteiger partial charge in [-0.3, -0.25) is 9.59 Å². The van der Waals surface area contributed by atoms with E-state index in [0.717, 1.165) is 4.90 Å². The van der Waals surface area contributed by atoms with E-state index in [0.29, 0.717) is 27.7 Å². The number of carbonyl (C=O) groups is 2. The number of hydrogen-bond donors (Lipinski definition) is 2. The Morgan fingerprint density at radius 3 is 2.45 bits per heavy atom. The van der Waals surface area contributed by atoms with Crippen LogP contribution in [0.2, 0.25) is 5.02 Å². The molecule has 2 amide bonds. The van der Waals surface area contributed by atoms with Gasteiger partial charge in [0.25, 0.3) is 5.91 Å². The van der Waals surface area contributed by atoms with Crippen LogP contribution >= 0.6 is 23.4 Å². The molecule has 3 aromatic carbocycles. The Labute approximate surface area is 178 Å². The summed E-state index contributed by atoms with van der Waals surface area (Å²) in [4.78, 5) is 25.4. The number of methoxy groups -OCH3 is 1. The van der Waals surface area contributed by atoms with E-state index in [9.17, 15) is 9.59 Å². The number of nitrogens with one attached hydrogen (secondary N) is 2. The lowest BCUT2D eigenvalue weighted by Crippen LogP contribution is -2.14. The molecule has 0 aliphatic rings. The minimum Gasteiger partial charge on any atom is -0.497 e. The first-order chi connectivity index (χ1) is 14.0. The molecule has 5 nitrogen and oxygen atoms in total. The Morgan fingerprint density at radius 1 is 0.966 bits per heavy atom. The molecular weight excluding hydrogens is 408 g/mol. The van der Waals surface area contributed by atoms with Crippen LogP contribution in [-0.4, -0.2) is 24.7 Å². The van der Waals surface area contributed by atoms with Crippen LogP contribution in [0.15, 0.2) is 77.7 Å². The van der Waals surface area contributed by atoms with Crippen LogP contribution in [0.3, 0.4) is 0 Å². The number of ether oxygens (including phenoxy) is 1. The normalized spacial score (nSPS) is 10.3. The van der Waals surface area contributed by atoms with Gasteiger partial charge in [-0.25, -0.2) is 0 Å². The third kappa shape index (κ3) is 6.01. The predicted molar refractivity (Wildman–Crippen MR) is 118 cm³/mol. The summed E-state index contributed by atoms with van der Waals surface area (Å²) in [6, 6.07) is 21.4. The first-order valence-electron chi connectivity index (χ1n) is 8.78. The van der Waals surface area contributed by atoms with Gasteiger partial charge in [-0.05, 0) is 54.6 Å². The molecule has 7 heteroatoms. The van der Waals surface area contributed by atoms with Crippen LogP contribution in [-0.2, 0) is 4.79 Å². The molecule has 3 rings (SSSR count). The van der Waals surface area contributed by atoms with Gasteiger partial charge in [0.15, 0.2) is 0 Å². The summed E-state index contributed by atoms with van der Waals surface area (Å²) in [5, 5.41) is 6.13. The van der Waals surface area contributed by atoms with Gasteiger partial charge in [-0.2, -0.15) is 0 Å². The van der Waals surface area contributed by atoms with Gasteiger partial charge in [-0.15, -0.1) is 11.8 Å². The minimum atomic E-state index is -0.219. The molecule has 2 N–H and O–H groups in total. The Balaban J connectivity index is 1.52. The van der Waals surface area contributed by atoms with Crippen molar-refractivity contribution >= 4 is 46.6 Å². The van der Waals surface area contributed by atoms with E-state index in [1.165, 1.54) is 11.8 Å². The van der Waals surface area contributed by atoms with Gasteiger partial charge in [-0.1, -0.05) is 29.8 Å². The van der Waals surface area contributed by atoms with E-state index in [4.69, 9.17) is 16.3 Å². The number of para-hydroxylation sites is 1. The summed E-state index contributed by atoms with van der Waals surface area (Å²) < 4.78 is 5.14. The first-order valence-corrected chi connectivity index (χ1v) is 10.1. The fraction of sp³-hybridized carbons (Fsp3) is 0.0909. The highest BCUT2D eigenvalue weighted by Gasteiger charge is 2.09. The zero-order chi connectivity index (χ0) is 20.6. The van der Waals surface area contributed by atoms with E-state index in [1.54, 1.807) is 61.7 Å². The third-order valence-corrected chi connectivity index (χ3v) is 5.30. The quantitative estimate of drug-likeness (QED) is 0.501. The predicted octanol–water partition coefficient (Wildman–Crippen LogP) is 5.33. The number of hydrogen-bond acceptors (Lipinski definition) is 4. The standard InChI is InChI=1S/C22H19ClN2O3S/c1-28-17-6-4-5-15(13-17)22(27)24-16-9-11-18(12-10-16)29-14-21(26)25-20-8-3-2-7-19(20)23/h2-13H,14H2,1H3,(H,24,27)(H,25,26). The van der Waals surface area contributed by atoms with Crippen molar-refractivity contribution in [3.8, 4) is 5.75 Å². The van der Waals surface area contributed by atoms with Crippen LogP contribution in [0.5, 0.6) is 5.75 Å². The van der Waals surface area contributed by atoms with Crippen molar-refractivity contribution in [1.82, 2.24) is 0 Å². The molecule has 0 unspecified atom stereocenters. The smallest absolute Gasteiger partial charge is 0.255 e. The van der Waals surface area contributed by atoms with Crippen molar-refractivity contribution in [2.45, 2.75) is 4.90 Å². The van der Waals surface area contributed by atoms with E-state index < -0.39 is 0 Å². The number of amides is 2. The second kappa shape index (κ2) is 10.0. The van der Waals surface area contributed by atoms with Crippen LogP contribution in [0.4, 0.5) is 11.4 Å². The molecule has 0 bridgehead atoms. The largest absolute Gasteiger partial charge is 0.497 e. The summed E-state index contributed by atoms with van der Waals surface area (Å²) in [5.74, 6) is 0.516. The average Bonchev–Trinajstić information content (AvgIpc) is 2.75. The number of halogens is 1. The summed E-state index contributed by atoms with van der Waals surface area (Å²) in [6.07, 6.45) is 0. The lowest BCUT2D eigenvalue weighted by Gasteiger charge is -2.08. The molecule has 0 heterocycles. The van der Waals surface area contributed by atoms with Gasteiger partial charge in [0, 0.05) is 16.1 Å². The van der Waals surface area contributed by atoms with E-state index in [-0.39, 0.29) is 17.6 Å². The maximum Gasteiger partial charge on any atom is 0.255 e. The number of carbonyl (C=O) groups excluding carboxylic acids is 2. The Morgan fingerprint density at radius 2 is 1.72 bits per heavy atom. The molecule has 0 saturated carbocycles. The van der Waals surface area contributed by atoms with Crippen LogP contribution < -0.4 is 15.4 Å². The Hall–Kier alpha value is -2.96. The van der Waals surface area contributed by atoms with Crippen molar-refractivity contribution in [3.05, 3.63) is 83.4 Å². The zero-order valence-corrected chi connectivity index (χ0v) is 17.2. The lowest BCUT2D eigenvalue weighted by atomic mass is 10.2. The van der Waals surface area contributed by atoms with Gasteiger partial charge in [0.1, 0.15) is 5.75 Å². The second-order valence-corrected chi connectivity index (χ2v) is 7.48. The monoisotopic (exact) mass is 426 g/mol. The third-order valence-electron chi connectivity index (χ3n) is 3.96. The summed E-state index contributed by atoms with van der Waals surface area (Å²) in [7, 11) is 1.56. The Bertz CT molecular complexity index is 1010. The summed E-state index contributed by atoms with van der Waals surface area (Å²) in [5.41, 5.74) is 1.78. The van der Waals surface area contributed by atoms with E-state index in [2.05, 4.69) is 10.6 Å². The molecule has 0 aliphatic carbocycles. The zero-order valence-electron chi connectivity index (χ0n) is 15.6. The molecular formula is C22H19ClN2O3S. The van der Waals surface area contributed by atoms with Crippen molar-refractivity contribution in [1.29, 1.82) is 0 Å². The first kappa shape index (κ1) is 20.8. The number of thioether (sulfide) groups is 1. The summed E-state index contributed by atoms with van der Waals surface area (Å²) >= 11 is 7.44. The van der Waals surface area contributed by atoms with Crippen LogP contribution in [0, 0.1) is 0 Å². The number of rotatable bonds is 7. The molecule has 0 fully saturated rings. The molecule has 3 aromatic rings. The molecule has 0 aromatic heterocycles. The van der Waals surface area contributed by atoms with E-state index in [1.807, 2.05) is 18.2 Å². The van der Waals surface area contributed by atoms with Gasteiger partial charge < -0.3 is 15.4 Å². The molecule has 0 saturated heterocycles. The highest BCUT2D eigenvalue weighted by atomic mass is 35.5. The number of anilines is 2. The van der Waals surface area contributed by atoms with Gasteiger partial charge >= 0.3 is 0 Å². The minimum absolute atomic E-state index is 0.140. The highest BCUT2D eigenvalue weighted by Crippen LogP contribution is 2.23. The van der Waals surface area contributed by atoms with E-state index >= 15 is 0 Å². The molecule has 0 spiro atoms. The molecule has 148 valence electrons. The Kier molecular flexibility index (Phi) is 7.16. The topological polar surface area (TPSA) is 67.4 Å². The fourth-order valence-electron chi connectivity index (χ4n) is 2.50. The van der Waals surface area contributed by atoms with Crippen molar-refractivity contribution in [2.75, 3.05) is 23.5 Å². The molecule has 0 aliphatic heterocycles. The SMILES string of the molecule is COc1cccc(C(=O)Nc2ccc(SCC(=O)Nc3ccccc3Cl)cc2)c1. The highest BCUT2D eigenvalue weighted by molar-refractivity contribution is 8.00. The summed E-state index contributed by atoms with van der Waals surface area (Å²) in [6.45, 7) is 0. The maximum atomic E-state index is 12.3. The average molecular weight is 427 g/mol. The van der Waals surface area contributed by atoms with Crippen molar-refractivity contribution < 1.29 is 14.3 Å². The molecule has 0 radical (unpaired) electrons. The fourth-order valence-corrected chi connectivity index (χ4v) is 3.38. The number of benzene rings is 3. The van der Waals surface area contributed by atoms with Crippen molar-refractivity contribution in [3.63, 3.8) is 0 Å². The maximum absolute atomic E-state index is 12.3. The van der Waals surface area contributed by atoms with Gasteiger partial charge in [0.05, 0.1) is 23.6 Å². The van der Waals surface area contributed by atoms with Crippen LogP contribution in [0.25, 0.3) is 0 Å².